The molecule has 0 heterocycles. The highest BCUT2D eigenvalue weighted by Crippen LogP contribution is 2.52. The Bertz CT molecular complexity index is 1150. The molecule has 0 fully saturated rings. The van der Waals surface area contributed by atoms with Crippen LogP contribution in [0.2, 0.25) is 20.1 Å². The van der Waals surface area contributed by atoms with Crippen LogP contribution >= 0.6 is 46.4 Å². The summed E-state index contributed by atoms with van der Waals surface area (Å²) in [4.78, 5) is 0. The van der Waals surface area contributed by atoms with Gasteiger partial charge in [0.2, 0.25) is 0 Å². The summed E-state index contributed by atoms with van der Waals surface area (Å²) in [6, 6.07) is 11.9. The fraction of sp³-hybridized carbons (Fsp3) is 0.0526. The minimum Gasteiger partial charge on any atom is -0.507 e. The van der Waals surface area contributed by atoms with E-state index in [1.54, 1.807) is 6.07 Å². The third-order valence-corrected chi connectivity index (χ3v) is 7.24. The standard InChI is InChI=1S/C19H12Cl4O5S/c20-12-8-15(24)17(16(25)9-12)19(29(26,27)28,10-4-2-1-3-5-10)11-6-13(21)18(23)14(22)7-11/h1-9,24-25H,(H,26,27,28). The SMILES string of the molecule is O=S(=O)(O)C(c1ccccc1)(c1cc(Cl)c(Cl)c(Cl)c1)c1c(O)cc(Cl)cc1O. The summed E-state index contributed by atoms with van der Waals surface area (Å²) in [5, 5.41) is 20.9. The van der Waals surface area contributed by atoms with Crippen LogP contribution in [0.15, 0.2) is 54.6 Å². The quantitative estimate of drug-likeness (QED) is 0.239. The molecule has 0 aliphatic heterocycles. The van der Waals surface area contributed by atoms with Crippen molar-refractivity contribution in [3.63, 3.8) is 0 Å². The third-order valence-electron chi connectivity index (χ3n) is 4.37. The van der Waals surface area contributed by atoms with Crippen LogP contribution in [0.5, 0.6) is 11.5 Å². The molecule has 0 saturated carbocycles. The second kappa shape index (κ2) is 7.87. The van der Waals surface area contributed by atoms with Crippen molar-refractivity contribution in [1.82, 2.24) is 0 Å². The first kappa shape index (κ1) is 22.0. The number of halogens is 4. The van der Waals surface area contributed by atoms with E-state index in [0.29, 0.717) is 0 Å². The maximum atomic E-state index is 12.9. The second-order valence-electron chi connectivity index (χ2n) is 6.10. The van der Waals surface area contributed by atoms with E-state index in [9.17, 15) is 23.2 Å². The van der Waals surface area contributed by atoms with E-state index in [1.807, 2.05) is 0 Å². The van der Waals surface area contributed by atoms with Gasteiger partial charge in [0.05, 0.1) is 20.6 Å². The highest BCUT2D eigenvalue weighted by molar-refractivity contribution is 7.87. The maximum absolute atomic E-state index is 12.9. The largest absolute Gasteiger partial charge is 0.507 e. The van der Waals surface area contributed by atoms with Crippen LogP contribution in [-0.4, -0.2) is 23.2 Å². The third kappa shape index (κ3) is 3.65. The molecule has 152 valence electrons. The smallest absolute Gasteiger partial charge is 0.283 e. The molecule has 3 aromatic rings. The summed E-state index contributed by atoms with van der Waals surface area (Å²) < 4.78 is 33.8. The highest BCUT2D eigenvalue weighted by atomic mass is 35.5. The molecule has 0 aromatic heterocycles. The van der Waals surface area contributed by atoms with Crippen LogP contribution in [0.1, 0.15) is 16.7 Å². The maximum Gasteiger partial charge on any atom is 0.283 e. The fourth-order valence-electron chi connectivity index (χ4n) is 3.25. The number of rotatable bonds is 4. The lowest BCUT2D eigenvalue weighted by atomic mass is 9.83. The molecule has 1 atom stereocenters. The molecule has 5 nitrogen and oxygen atoms in total. The van der Waals surface area contributed by atoms with Crippen molar-refractivity contribution in [2.24, 2.45) is 0 Å². The van der Waals surface area contributed by atoms with E-state index in [2.05, 4.69) is 0 Å². The number of hydrogen-bond donors (Lipinski definition) is 3. The predicted molar refractivity (Wildman–Crippen MR) is 114 cm³/mol. The van der Waals surface area contributed by atoms with Gasteiger partial charge in [-0.25, -0.2) is 0 Å². The zero-order chi connectivity index (χ0) is 21.6. The topological polar surface area (TPSA) is 94.8 Å². The van der Waals surface area contributed by atoms with Crippen LogP contribution in [-0.2, 0) is 14.9 Å². The molecule has 0 saturated heterocycles. The summed E-state index contributed by atoms with van der Waals surface area (Å²) in [5.41, 5.74) is -0.673. The van der Waals surface area contributed by atoms with Crippen molar-refractivity contribution < 1.29 is 23.2 Å². The molecule has 3 aromatic carbocycles. The summed E-state index contributed by atoms with van der Waals surface area (Å²) >= 11 is 24.1. The first-order chi connectivity index (χ1) is 13.5. The molecular weight excluding hydrogens is 482 g/mol. The molecule has 0 aliphatic rings. The Morgan fingerprint density at radius 2 is 1.24 bits per heavy atom. The molecular formula is C19H12Cl4O5S. The Morgan fingerprint density at radius 3 is 1.69 bits per heavy atom. The van der Waals surface area contributed by atoms with E-state index in [1.165, 1.54) is 36.4 Å². The van der Waals surface area contributed by atoms with Gasteiger partial charge < -0.3 is 10.2 Å². The number of benzene rings is 3. The van der Waals surface area contributed by atoms with Crippen LogP contribution in [0.4, 0.5) is 0 Å². The monoisotopic (exact) mass is 492 g/mol. The number of phenolic OH excluding ortho intramolecular Hbond substituents is 2. The van der Waals surface area contributed by atoms with Gasteiger partial charge in [-0.3, -0.25) is 4.55 Å². The molecule has 0 bridgehead atoms. The van der Waals surface area contributed by atoms with Crippen molar-refractivity contribution in [2.45, 2.75) is 4.75 Å². The lowest BCUT2D eigenvalue weighted by molar-refractivity contribution is 0.416. The number of aromatic hydroxyl groups is 2. The summed E-state index contributed by atoms with van der Waals surface area (Å²) in [5.74, 6) is -1.34. The van der Waals surface area contributed by atoms with Gasteiger partial charge in [0.15, 0.2) is 4.75 Å². The van der Waals surface area contributed by atoms with Crippen LogP contribution in [0, 0.1) is 0 Å². The van der Waals surface area contributed by atoms with Gasteiger partial charge in [-0.2, -0.15) is 8.42 Å². The van der Waals surface area contributed by atoms with Gasteiger partial charge in [0.25, 0.3) is 10.1 Å². The molecule has 29 heavy (non-hydrogen) atoms. The van der Waals surface area contributed by atoms with Crippen molar-refractivity contribution in [2.75, 3.05) is 0 Å². The van der Waals surface area contributed by atoms with E-state index < -0.39 is 31.9 Å². The van der Waals surface area contributed by atoms with E-state index in [0.717, 1.165) is 12.1 Å². The van der Waals surface area contributed by atoms with E-state index in [-0.39, 0.29) is 31.2 Å². The molecule has 0 aliphatic carbocycles. The van der Waals surface area contributed by atoms with Crippen molar-refractivity contribution in [3.05, 3.63) is 91.4 Å². The van der Waals surface area contributed by atoms with E-state index >= 15 is 0 Å². The van der Waals surface area contributed by atoms with Crippen LogP contribution in [0.3, 0.4) is 0 Å². The average Bonchev–Trinajstić information content (AvgIpc) is 2.61. The normalized spacial score (nSPS) is 13.8. The molecule has 0 amide bonds. The molecule has 0 spiro atoms. The summed E-state index contributed by atoms with van der Waals surface area (Å²) in [6.45, 7) is 0. The van der Waals surface area contributed by atoms with Gasteiger partial charge >= 0.3 is 0 Å². The van der Waals surface area contributed by atoms with Crippen molar-refractivity contribution in [3.8, 4) is 11.5 Å². The lowest BCUT2D eigenvalue weighted by Gasteiger charge is -2.33. The zero-order valence-corrected chi connectivity index (χ0v) is 18.1. The van der Waals surface area contributed by atoms with Gasteiger partial charge in [-0.15, -0.1) is 0 Å². The second-order valence-corrected chi connectivity index (χ2v) is 9.29. The fourth-order valence-corrected chi connectivity index (χ4v) is 5.37. The van der Waals surface area contributed by atoms with Crippen LogP contribution < -0.4 is 0 Å². The summed E-state index contributed by atoms with van der Waals surface area (Å²) in [7, 11) is -5.11. The number of hydrogen-bond acceptors (Lipinski definition) is 4. The first-order valence-corrected chi connectivity index (χ1v) is 10.8. The van der Waals surface area contributed by atoms with Gasteiger partial charge in [-0.1, -0.05) is 76.7 Å². The van der Waals surface area contributed by atoms with Crippen molar-refractivity contribution >= 4 is 56.5 Å². The van der Waals surface area contributed by atoms with Crippen molar-refractivity contribution in [1.29, 1.82) is 0 Å². The first-order valence-electron chi connectivity index (χ1n) is 7.89. The molecule has 0 radical (unpaired) electrons. The average molecular weight is 494 g/mol. The molecule has 1 unspecified atom stereocenters. The minimum absolute atomic E-state index is 0.00452. The van der Waals surface area contributed by atoms with Gasteiger partial charge in [-0.05, 0) is 35.4 Å². The van der Waals surface area contributed by atoms with Gasteiger partial charge in [0, 0.05) is 5.02 Å². The predicted octanol–water partition coefficient (Wildman–Crippen LogP) is 5.89. The molecule has 3 rings (SSSR count). The Morgan fingerprint density at radius 1 is 0.759 bits per heavy atom. The Labute approximate surface area is 186 Å². The van der Waals surface area contributed by atoms with Gasteiger partial charge in [0.1, 0.15) is 11.5 Å². The zero-order valence-electron chi connectivity index (χ0n) is 14.3. The van der Waals surface area contributed by atoms with E-state index in [4.69, 9.17) is 46.4 Å². The minimum atomic E-state index is -5.11. The molecule has 10 heteroatoms. The molecule has 3 N–H and O–H groups in total. The Hall–Kier alpha value is -1.67. The number of phenols is 2. The highest BCUT2D eigenvalue weighted by Gasteiger charge is 2.52. The van der Waals surface area contributed by atoms with Crippen LogP contribution in [0.25, 0.3) is 0 Å². The Kier molecular flexibility index (Phi) is 5.98. The Balaban J connectivity index is 2.62. The summed E-state index contributed by atoms with van der Waals surface area (Å²) in [6.07, 6.45) is 0. The lowest BCUT2D eigenvalue weighted by Crippen LogP contribution is -2.38.